The van der Waals surface area contributed by atoms with E-state index in [-0.39, 0.29) is 23.6 Å². The van der Waals surface area contributed by atoms with Gasteiger partial charge in [0.1, 0.15) is 0 Å². The average molecular weight is 615 g/mol. The van der Waals surface area contributed by atoms with E-state index in [4.69, 9.17) is 0 Å². The number of aliphatic hydroxyl groups excluding tert-OH is 2. The standard InChI is InChI=1S/2C19H17NO3/c2*1-2-16(17(21)12-13-8-4-3-5-9-13)20-18(22)14-10-6-7-11-15(14)19(20)23/h2*2-11,16-17,21H,1,12H2/t2*16-,17+/m11/s1. The lowest BCUT2D eigenvalue weighted by atomic mass is 10.0. The topological polar surface area (TPSA) is 115 Å². The first-order chi connectivity index (χ1) is 22.3. The monoisotopic (exact) mass is 614 g/mol. The first-order valence-electron chi connectivity index (χ1n) is 14.9. The molecule has 8 nitrogen and oxygen atoms in total. The van der Waals surface area contributed by atoms with Crippen LogP contribution in [0.5, 0.6) is 0 Å². The lowest BCUT2D eigenvalue weighted by molar-refractivity contribution is 0.0425. The molecule has 0 radical (unpaired) electrons. The van der Waals surface area contributed by atoms with Crippen molar-refractivity contribution in [1.82, 2.24) is 9.80 Å². The number of fused-ring (bicyclic) bond motifs is 2. The number of aliphatic hydroxyl groups is 2. The molecule has 0 saturated heterocycles. The number of amides is 4. The van der Waals surface area contributed by atoms with Crippen molar-refractivity contribution in [1.29, 1.82) is 0 Å². The summed E-state index contributed by atoms with van der Waals surface area (Å²) in [5.74, 6) is -1.55. The summed E-state index contributed by atoms with van der Waals surface area (Å²) in [5, 5.41) is 21.0. The highest BCUT2D eigenvalue weighted by Crippen LogP contribution is 2.28. The Labute approximate surface area is 267 Å². The van der Waals surface area contributed by atoms with E-state index in [2.05, 4.69) is 13.2 Å². The number of carbonyl (C=O) groups excluding carboxylic acids is 4. The van der Waals surface area contributed by atoms with Gasteiger partial charge in [0, 0.05) is 12.8 Å². The molecule has 2 aliphatic rings. The second kappa shape index (κ2) is 14.1. The number of nitrogens with zero attached hydrogens (tertiary/aromatic N) is 2. The normalized spacial score (nSPS) is 16.1. The molecule has 0 unspecified atom stereocenters. The number of hydrogen-bond donors (Lipinski definition) is 2. The summed E-state index contributed by atoms with van der Waals surface area (Å²) in [6, 6.07) is 30.7. The molecule has 0 saturated carbocycles. The molecule has 8 heteroatoms. The molecule has 2 N–H and O–H groups in total. The summed E-state index contributed by atoms with van der Waals surface area (Å²) in [6.07, 6.45) is 1.77. The summed E-state index contributed by atoms with van der Waals surface area (Å²) in [7, 11) is 0. The second-order valence-corrected chi connectivity index (χ2v) is 11.0. The Bertz CT molecular complexity index is 1570. The molecular formula is C38H34N2O6. The Kier molecular flexibility index (Phi) is 9.81. The molecule has 6 rings (SSSR count). The highest BCUT2D eigenvalue weighted by molar-refractivity contribution is 6.22. The average Bonchev–Trinajstić information content (AvgIpc) is 3.48. The highest BCUT2D eigenvalue weighted by Gasteiger charge is 2.42. The van der Waals surface area contributed by atoms with Crippen LogP contribution in [0.4, 0.5) is 0 Å². The van der Waals surface area contributed by atoms with Gasteiger partial charge in [-0.2, -0.15) is 0 Å². The van der Waals surface area contributed by atoms with Gasteiger partial charge in [-0.05, 0) is 35.4 Å². The molecule has 0 bridgehead atoms. The fraction of sp³-hybridized carbons (Fsp3) is 0.158. The van der Waals surface area contributed by atoms with Gasteiger partial charge in [-0.15, -0.1) is 13.2 Å². The van der Waals surface area contributed by atoms with Crippen LogP contribution in [0.1, 0.15) is 52.6 Å². The zero-order valence-electron chi connectivity index (χ0n) is 25.1. The quantitative estimate of drug-likeness (QED) is 0.194. The minimum absolute atomic E-state index is 0.338. The van der Waals surface area contributed by atoms with Crippen LogP contribution in [0.25, 0.3) is 0 Å². The van der Waals surface area contributed by atoms with E-state index in [0.717, 1.165) is 20.9 Å². The van der Waals surface area contributed by atoms with Gasteiger partial charge >= 0.3 is 0 Å². The fourth-order valence-corrected chi connectivity index (χ4v) is 5.78. The largest absolute Gasteiger partial charge is 0.390 e. The van der Waals surface area contributed by atoms with Gasteiger partial charge in [0.05, 0.1) is 46.5 Å². The van der Waals surface area contributed by atoms with E-state index in [9.17, 15) is 29.4 Å². The van der Waals surface area contributed by atoms with Crippen molar-refractivity contribution < 1.29 is 29.4 Å². The number of hydrogen-bond acceptors (Lipinski definition) is 6. The van der Waals surface area contributed by atoms with Crippen LogP contribution in [-0.2, 0) is 12.8 Å². The van der Waals surface area contributed by atoms with Gasteiger partial charge in [-0.3, -0.25) is 29.0 Å². The summed E-state index contributed by atoms with van der Waals surface area (Å²) < 4.78 is 0. The van der Waals surface area contributed by atoms with Crippen LogP contribution >= 0.6 is 0 Å². The Hall–Kier alpha value is -5.44. The van der Waals surface area contributed by atoms with E-state index in [1.54, 1.807) is 48.5 Å². The van der Waals surface area contributed by atoms with Crippen molar-refractivity contribution in [3.8, 4) is 0 Å². The van der Waals surface area contributed by atoms with E-state index in [0.29, 0.717) is 35.1 Å². The summed E-state index contributed by atoms with van der Waals surface area (Å²) >= 11 is 0. The van der Waals surface area contributed by atoms with E-state index in [1.165, 1.54) is 12.2 Å². The van der Waals surface area contributed by atoms with Crippen LogP contribution in [0.15, 0.2) is 135 Å². The summed E-state index contributed by atoms with van der Waals surface area (Å²) in [5.41, 5.74) is 3.35. The third-order valence-electron chi connectivity index (χ3n) is 8.09. The first-order valence-corrected chi connectivity index (χ1v) is 14.9. The smallest absolute Gasteiger partial charge is 0.262 e. The maximum atomic E-state index is 12.5. The Balaban J connectivity index is 0.000000181. The second-order valence-electron chi connectivity index (χ2n) is 11.0. The van der Waals surface area contributed by atoms with E-state index in [1.807, 2.05) is 60.7 Å². The number of carbonyl (C=O) groups is 4. The van der Waals surface area contributed by atoms with Crippen molar-refractivity contribution in [2.75, 3.05) is 0 Å². The van der Waals surface area contributed by atoms with E-state index < -0.39 is 24.3 Å². The van der Waals surface area contributed by atoms with Crippen LogP contribution < -0.4 is 0 Å². The van der Waals surface area contributed by atoms with Crippen molar-refractivity contribution >= 4 is 23.6 Å². The molecule has 4 atom stereocenters. The molecule has 232 valence electrons. The summed E-state index contributed by atoms with van der Waals surface area (Å²) in [4.78, 5) is 52.2. The lowest BCUT2D eigenvalue weighted by Gasteiger charge is -2.27. The molecule has 0 spiro atoms. The molecule has 2 aliphatic heterocycles. The van der Waals surface area contributed by atoms with Gasteiger partial charge in [-0.25, -0.2) is 0 Å². The predicted molar refractivity (Wildman–Crippen MR) is 174 cm³/mol. The van der Waals surface area contributed by atoms with E-state index >= 15 is 0 Å². The Morgan fingerprint density at radius 3 is 1.00 bits per heavy atom. The Morgan fingerprint density at radius 1 is 0.478 bits per heavy atom. The van der Waals surface area contributed by atoms with Crippen molar-refractivity contribution in [2.24, 2.45) is 0 Å². The fourth-order valence-electron chi connectivity index (χ4n) is 5.78. The molecule has 0 fully saturated rings. The molecule has 2 heterocycles. The van der Waals surface area contributed by atoms with Gasteiger partial charge in [-0.1, -0.05) is 97.1 Å². The number of benzene rings is 4. The van der Waals surface area contributed by atoms with Gasteiger partial charge in [0.15, 0.2) is 0 Å². The van der Waals surface area contributed by atoms with Gasteiger partial charge in [0.25, 0.3) is 23.6 Å². The third-order valence-corrected chi connectivity index (χ3v) is 8.09. The molecule has 46 heavy (non-hydrogen) atoms. The van der Waals surface area contributed by atoms with Crippen LogP contribution in [-0.4, -0.2) is 67.9 Å². The molecular weight excluding hydrogens is 580 g/mol. The van der Waals surface area contributed by atoms with Crippen LogP contribution in [0.2, 0.25) is 0 Å². The first kappa shape index (κ1) is 32.0. The number of imide groups is 2. The van der Waals surface area contributed by atoms with Crippen LogP contribution in [0, 0.1) is 0 Å². The maximum Gasteiger partial charge on any atom is 0.262 e. The van der Waals surface area contributed by atoms with Gasteiger partial charge in [0.2, 0.25) is 0 Å². The number of rotatable bonds is 10. The lowest BCUT2D eigenvalue weighted by Crippen LogP contribution is -2.46. The molecule has 4 aromatic rings. The minimum atomic E-state index is -0.905. The highest BCUT2D eigenvalue weighted by atomic mass is 16.3. The SMILES string of the molecule is C=C[C@H]([C@@H](O)Cc1ccccc1)N1C(=O)c2ccccc2C1=O.C=C[C@H]([C@@H](O)Cc1ccccc1)N1C(=O)c2ccccc2C1=O. The Morgan fingerprint density at radius 2 is 0.739 bits per heavy atom. The molecule has 4 amide bonds. The predicted octanol–water partition coefficient (Wildman–Crippen LogP) is 4.88. The summed E-state index contributed by atoms with van der Waals surface area (Å²) in [6.45, 7) is 7.39. The molecule has 4 aromatic carbocycles. The zero-order valence-corrected chi connectivity index (χ0v) is 25.1. The minimum Gasteiger partial charge on any atom is -0.390 e. The van der Waals surface area contributed by atoms with Crippen molar-refractivity contribution in [3.63, 3.8) is 0 Å². The molecule has 0 aromatic heterocycles. The third kappa shape index (κ3) is 6.35. The molecule has 0 aliphatic carbocycles. The van der Waals surface area contributed by atoms with Gasteiger partial charge < -0.3 is 10.2 Å². The zero-order chi connectivity index (χ0) is 32.8. The van der Waals surface area contributed by atoms with Crippen molar-refractivity contribution in [2.45, 2.75) is 37.1 Å². The maximum absolute atomic E-state index is 12.5. The van der Waals surface area contributed by atoms with Crippen LogP contribution in [0.3, 0.4) is 0 Å². The van der Waals surface area contributed by atoms with Crippen molar-refractivity contribution in [3.05, 3.63) is 168 Å².